The summed E-state index contributed by atoms with van der Waals surface area (Å²) in [6, 6.07) is 5.97. The number of nitrogens with one attached hydrogen (secondary N) is 1. The molecule has 1 heterocycles. The zero-order valence-electron chi connectivity index (χ0n) is 8.59. The van der Waals surface area contributed by atoms with Gasteiger partial charge in [-0.05, 0) is 43.0 Å². The number of anilines is 1. The van der Waals surface area contributed by atoms with Gasteiger partial charge in [0.05, 0.1) is 0 Å². The zero-order chi connectivity index (χ0) is 10.7. The number of nitrogen functional groups attached to an aromatic ring is 1. The van der Waals surface area contributed by atoms with E-state index in [9.17, 15) is 0 Å². The molecular formula is C12H15ClN2. The van der Waals surface area contributed by atoms with Gasteiger partial charge in [0.15, 0.2) is 0 Å². The minimum absolute atomic E-state index is 0.741. The molecule has 15 heavy (non-hydrogen) atoms. The van der Waals surface area contributed by atoms with Crippen LogP contribution < -0.4 is 5.73 Å². The van der Waals surface area contributed by atoms with E-state index in [4.69, 9.17) is 17.3 Å². The third-order valence-electron chi connectivity index (χ3n) is 2.62. The van der Waals surface area contributed by atoms with Crippen molar-refractivity contribution < 1.29 is 0 Å². The van der Waals surface area contributed by atoms with Crippen LogP contribution in [0.3, 0.4) is 0 Å². The van der Waals surface area contributed by atoms with E-state index in [0.717, 1.165) is 36.3 Å². The van der Waals surface area contributed by atoms with Crippen molar-refractivity contribution in [3.8, 4) is 0 Å². The number of unbranched alkanes of at least 4 members (excludes halogenated alkanes) is 1. The number of aromatic amines is 1. The summed E-state index contributed by atoms with van der Waals surface area (Å²) >= 11 is 5.66. The van der Waals surface area contributed by atoms with Gasteiger partial charge in [0.2, 0.25) is 0 Å². The molecule has 3 heteroatoms. The molecule has 0 unspecified atom stereocenters. The molecule has 0 fully saturated rings. The lowest BCUT2D eigenvalue weighted by Crippen LogP contribution is -1.86. The predicted octanol–water partition coefficient (Wildman–Crippen LogP) is 3.31. The van der Waals surface area contributed by atoms with Gasteiger partial charge < -0.3 is 10.7 Å². The predicted molar refractivity (Wildman–Crippen MR) is 66.4 cm³/mol. The Morgan fingerprint density at radius 1 is 1.27 bits per heavy atom. The zero-order valence-corrected chi connectivity index (χ0v) is 9.35. The van der Waals surface area contributed by atoms with Gasteiger partial charge in [-0.25, -0.2) is 0 Å². The summed E-state index contributed by atoms with van der Waals surface area (Å²) < 4.78 is 0. The molecule has 2 nitrogen and oxygen atoms in total. The van der Waals surface area contributed by atoms with E-state index in [1.54, 1.807) is 0 Å². The topological polar surface area (TPSA) is 41.8 Å². The second-order valence-corrected chi connectivity index (χ2v) is 4.14. The van der Waals surface area contributed by atoms with Crippen molar-refractivity contribution in [2.24, 2.45) is 0 Å². The van der Waals surface area contributed by atoms with E-state index in [-0.39, 0.29) is 0 Å². The Kier molecular flexibility index (Phi) is 3.17. The molecule has 0 spiro atoms. The first-order valence-electron chi connectivity index (χ1n) is 5.22. The van der Waals surface area contributed by atoms with E-state index in [1.165, 1.54) is 10.9 Å². The summed E-state index contributed by atoms with van der Waals surface area (Å²) in [5, 5.41) is 1.24. The second-order valence-electron chi connectivity index (χ2n) is 3.77. The van der Waals surface area contributed by atoms with Gasteiger partial charge in [-0.1, -0.05) is 0 Å². The Bertz CT molecular complexity index is 448. The Labute approximate surface area is 94.4 Å². The van der Waals surface area contributed by atoms with Gasteiger partial charge in [-0.15, -0.1) is 11.6 Å². The van der Waals surface area contributed by atoms with Crippen LogP contribution in [0.25, 0.3) is 10.9 Å². The lowest BCUT2D eigenvalue weighted by Gasteiger charge is -1.99. The van der Waals surface area contributed by atoms with Gasteiger partial charge in [-0.3, -0.25) is 0 Å². The summed E-state index contributed by atoms with van der Waals surface area (Å²) in [6.45, 7) is 0. The number of H-pyrrole nitrogens is 1. The number of halogens is 1. The van der Waals surface area contributed by atoms with Gasteiger partial charge in [0.25, 0.3) is 0 Å². The van der Waals surface area contributed by atoms with Crippen LogP contribution in [0.1, 0.15) is 18.4 Å². The fourth-order valence-electron chi connectivity index (χ4n) is 1.81. The van der Waals surface area contributed by atoms with E-state index >= 15 is 0 Å². The smallest absolute Gasteiger partial charge is 0.0458 e. The summed E-state index contributed by atoms with van der Waals surface area (Å²) in [5.41, 5.74) is 9.08. The summed E-state index contributed by atoms with van der Waals surface area (Å²) in [6.07, 6.45) is 5.33. The van der Waals surface area contributed by atoms with Crippen LogP contribution in [0.15, 0.2) is 24.4 Å². The number of rotatable bonds is 4. The fraction of sp³-hybridized carbons (Fsp3) is 0.333. The average Bonchev–Trinajstić information content (AvgIpc) is 2.62. The van der Waals surface area contributed by atoms with Crippen molar-refractivity contribution in [2.45, 2.75) is 19.3 Å². The molecule has 0 saturated heterocycles. The monoisotopic (exact) mass is 222 g/mol. The molecule has 0 aliphatic rings. The molecule has 0 aliphatic heterocycles. The highest BCUT2D eigenvalue weighted by molar-refractivity contribution is 6.17. The van der Waals surface area contributed by atoms with Crippen molar-refractivity contribution in [1.82, 2.24) is 4.98 Å². The summed E-state index contributed by atoms with van der Waals surface area (Å²) in [5.74, 6) is 0.741. The quantitative estimate of drug-likeness (QED) is 0.465. The molecule has 3 N–H and O–H groups in total. The number of fused-ring (bicyclic) bond motifs is 1. The van der Waals surface area contributed by atoms with Gasteiger partial charge >= 0.3 is 0 Å². The lowest BCUT2D eigenvalue weighted by molar-refractivity contribution is 0.803. The third-order valence-corrected chi connectivity index (χ3v) is 2.89. The van der Waals surface area contributed by atoms with Crippen LogP contribution in [0.5, 0.6) is 0 Å². The van der Waals surface area contributed by atoms with Crippen molar-refractivity contribution in [3.05, 3.63) is 30.0 Å². The maximum atomic E-state index is 5.77. The Hall–Kier alpha value is -1.15. The molecule has 2 aromatic rings. The molecule has 1 aromatic carbocycles. The normalized spacial score (nSPS) is 11.0. The van der Waals surface area contributed by atoms with E-state index in [2.05, 4.69) is 11.2 Å². The lowest BCUT2D eigenvalue weighted by atomic mass is 10.1. The highest BCUT2D eigenvalue weighted by atomic mass is 35.5. The van der Waals surface area contributed by atoms with Crippen molar-refractivity contribution in [1.29, 1.82) is 0 Å². The average molecular weight is 223 g/mol. The molecule has 0 aliphatic carbocycles. The molecule has 1 aromatic heterocycles. The molecule has 2 rings (SSSR count). The first-order valence-corrected chi connectivity index (χ1v) is 5.76. The molecule has 0 radical (unpaired) electrons. The SMILES string of the molecule is Nc1ccc2[nH]cc(CCCCCl)c2c1. The minimum atomic E-state index is 0.741. The maximum Gasteiger partial charge on any atom is 0.0458 e. The number of benzene rings is 1. The minimum Gasteiger partial charge on any atom is -0.399 e. The van der Waals surface area contributed by atoms with Gasteiger partial charge in [-0.2, -0.15) is 0 Å². The highest BCUT2D eigenvalue weighted by Crippen LogP contribution is 2.22. The second kappa shape index (κ2) is 4.58. The number of nitrogens with two attached hydrogens (primary N) is 1. The first kappa shape index (κ1) is 10.4. The number of alkyl halides is 1. The van der Waals surface area contributed by atoms with Crippen molar-refractivity contribution in [3.63, 3.8) is 0 Å². The summed E-state index contributed by atoms with van der Waals surface area (Å²) in [7, 11) is 0. The molecule has 80 valence electrons. The van der Waals surface area contributed by atoms with E-state index in [0.29, 0.717) is 0 Å². The molecule has 0 atom stereocenters. The van der Waals surface area contributed by atoms with Crippen LogP contribution in [-0.4, -0.2) is 10.9 Å². The molecule has 0 amide bonds. The third kappa shape index (κ3) is 2.26. The molecule has 0 saturated carbocycles. The fourth-order valence-corrected chi connectivity index (χ4v) is 2.00. The summed E-state index contributed by atoms with van der Waals surface area (Å²) in [4.78, 5) is 3.25. The van der Waals surface area contributed by atoms with Gasteiger partial charge in [0, 0.05) is 28.7 Å². The van der Waals surface area contributed by atoms with Crippen LogP contribution in [0.2, 0.25) is 0 Å². The Morgan fingerprint density at radius 2 is 2.13 bits per heavy atom. The van der Waals surface area contributed by atoms with Crippen LogP contribution >= 0.6 is 11.6 Å². The molecule has 0 bridgehead atoms. The van der Waals surface area contributed by atoms with Crippen molar-refractivity contribution in [2.75, 3.05) is 11.6 Å². The number of hydrogen-bond donors (Lipinski definition) is 2. The van der Waals surface area contributed by atoms with Crippen molar-refractivity contribution >= 4 is 28.2 Å². The highest BCUT2D eigenvalue weighted by Gasteiger charge is 2.03. The van der Waals surface area contributed by atoms with Crippen LogP contribution in [0, 0.1) is 0 Å². The number of aromatic nitrogens is 1. The van der Waals surface area contributed by atoms with Gasteiger partial charge in [0.1, 0.15) is 0 Å². The molecular weight excluding hydrogens is 208 g/mol. The van der Waals surface area contributed by atoms with E-state index < -0.39 is 0 Å². The number of aryl methyl sites for hydroxylation is 1. The first-order chi connectivity index (χ1) is 7.31. The van der Waals surface area contributed by atoms with Crippen LogP contribution in [0.4, 0.5) is 5.69 Å². The Morgan fingerprint density at radius 3 is 2.93 bits per heavy atom. The standard InChI is InChI=1S/C12H15ClN2/c13-6-2-1-3-9-8-15-12-5-4-10(14)7-11(9)12/h4-5,7-8,15H,1-3,6,14H2. The Balaban J connectivity index is 2.23. The largest absolute Gasteiger partial charge is 0.399 e. The number of hydrogen-bond acceptors (Lipinski definition) is 1. The maximum absolute atomic E-state index is 5.77. The van der Waals surface area contributed by atoms with E-state index in [1.807, 2.05) is 18.2 Å². The van der Waals surface area contributed by atoms with Crippen LogP contribution in [-0.2, 0) is 6.42 Å².